The van der Waals surface area contributed by atoms with E-state index in [1.54, 1.807) is 0 Å². The maximum Gasteiger partial charge on any atom is 0.302 e. The molecular formula is C17H36O3. The van der Waals surface area contributed by atoms with Crippen LogP contribution in [0.25, 0.3) is 0 Å². The molecular weight excluding hydrogens is 252 g/mol. The highest BCUT2D eigenvalue weighted by Crippen LogP contribution is 2.02. The SMILES string of the molecule is CC(=O)OCCC(C)C.CC(C)CCOCCC(C)C. The Morgan fingerprint density at radius 3 is 1.40 bits per heavy atom. The molecule has 0 saturated heterocycles. The first kappa shape index (κ1) is 21.7. The second-order valence-corrected chi connectivity index (χ2v) is 6.50. The van der Waals surface area contributed by atoms with Crippen molar-refractivity contribution in [3.63, 3.8) is 0 Å². The van der Waals surface area contributed by atoms with Gasteiger partial charge in [0.1, 0.15) is 0 Å². The number of rotatable bonds is 9. The van der Waals surface area contributed by atoms with Gasteiger partial charge in [-0.3, -0.25) is 4.79 Å². The first-order valence-corrected chi connectivity index (χ1v) is 7.96. The van der Waals surface area contributed by atoms with Gasteiger partial charge in [0.05, 0.1) is 6.61 Å². The van der Waals surface area contributed by atoms with Gasteiger partial charge in [0.25, 0.3) is 0 Å². The van der Waals surface area contributed by atoms with E-state index in [4.69, 9.17) is 9.47 Å². The summed E-state index contributed by atoms with van der Waals surface area (Å²) >= 11 is 0. The van der Waals surface area contributed by atoms with E-state index in [1.807, 2.05) is 0 Å². The molecule has 0 radical (unpaired) electrons. The second-order valence-electron chi connectivity index (χ2n) is 6.50. The zero-order chi connectivity index (χ0) is 16.0. The molecule has 0 spiro atoms. The van der Waals surface area contributed by atoms with Gasteiger partial charge in [-0.25, -0.2) is 0 Å². The molecule has 0 aliphatic heterocycles. The summed E-state index contributed by atoms with van der Waals surface area (Å²) in [5.41, 5.74) is 0. The van der Waals surface area contributed by atoms with E-state index in [0.29, 0.717) is 12.5 Å². The fraction of sp³-hybridized carbons (Fsp3) is 0.941. The van der Waals surface area contributed by atoms with Gasteiger partial charge < -0.3 is 9.47 Å². The third-order valence-electron chi connectivity index (χ3n) is 2.68. The minimum atomic E-state index is -0.185. The fourth-order valence-corrected chi connectivity index (χ4v) is 1.18. The van der Waals surface area contributed by atoms with E-state index in [9.17, 15) is 4.79 Å². The van der Waals surface area contributed by atoms with Crippen molar-refractivity contribution in [1.82, 2.24) is 0 Å². The lowest BCUT2D eigenvalue weighted by Crippen LogP contribution is -2.02. The van der Waals surface area contributed by atoms with E-state index in [0.717, 1.165) is 31.5 Å². The van der Waals surface area contributed by atoms with E-state index in [-0.39, 0.29) is 5.97 Å². The molecule has 122 valence electrons. The number of esters is 1. The third kappa shape index (κ3) is 26.1. The summed E-state index contributed by atoms with van der Waals surface area (Å²) in [6, 6.07) is 0. The van der Waals surface area contributed by atoms with Crippen molar-refractivity contribution in [2.75, 3.05) is 19.8 Å². The van der Waals surface area contributed by atoms with E-state index < -0.39 is 0 Å². The molecule has 3 heteroatoms. The van der Waals surface area contributed by atoms with Crippen LogP contribution in [0.2, 0.25) is 0 Å². The predicted octanol–water partition coefficient (Wildman–Crippen LogP) is 4.69. The van der Waals surface area contributed by atoms with E-state index in [1.165, 1.54) is 19.8 Å². The van der Waals surface area contributed by atoms with Crippen LogP contribution in [0.1, 0.15) is 67.7 Å². The predicted molar refractivity (Wildman–Crippen MR) is 85.8 cm³/mol. The lowest BCUT2D eigenvalue weighted by atomic mass is 10.1. The zero-order valence-electron chi connectivity index (χ0n) is 14.7. The molecule has 0 N–H and O–H groups in total. The second kappa shape index (κ2) is 14.8. The summed E-state index contributed by atoms with van der Waals surface area (Å²) in [5.74, 6) is 1.98. The maximum atomic E-state index is 10.2. The molecule has 0 aromatic heterocycles. The Bertz CT molecular complexity index is 200. The third-order valence-corrected chi connectivity index (χ3v) is 2.68. The highest BCUT2D eigenvalue weighted by Gasteiger charge is 1.96. The first-order chi connectivity index (χ1) is 9.25. The molecule has 0 saturated carbocycles. The molecule has 0 heterocycles. The van der Waals surface area contributed by atoms with E-state index in [2.05, 4.69) is 41.5 Å². The van der Waals surface area contributed by atoms with Gasteiger partial charge in [-0.15, -0.1) is 0 Å². The van der Waals surface area contributed by atoms with Gasteiger partial charge in [0.15, 0.2) is 0 Å². The van der Waals surface area contributed by atoms with E-state index >= 15 is 0 Å². The Labute approximate surface area is 126 Å². The Kier molecular flexibility index (Phi) is 16.1. The van der Waals surface area contributed by atoms with Crippen LogP contribution in [-0.2, 0) is 14.3 Å². The largest absolute Gasteiger partial charge is 0.466 e. The van der Waals surface area contributed by atoms with Crippen molar-refractivity contribution in [3.05, 3.63) is 0 Å². The van der Waals surface area contributed by atoms with Gasteiger partial charge in [-0.05, 0) is 37.0 Å². The van der Waals surface area contributed by atoms with Crippen LogP contribution in [0, 0.1) is 17.8 Å². The topological polar surface area (TPSA) is 35.5 Å². The molecule has 0 aliphatic rings. The highest BCUT2D eigenvalue weighted by molar-refractivity contribution is 5.65. The fourth-order valence-electron chi connectivity index (χ4n) is 1.18. The van der Waals surface area contributed by atoms with Crippen LogP contribution in [0.4, 0.5) is 0 Å². The van der Waals surface area contributed by atoms with Gasteiger partial charge in [0.2, 0.25) is 0 Å². The van der Waals surface area contributed by atoms with Crippen LogP contribution < -0.4 is 0 Å². The molecule has 0 rings (SSSR count). The highest BCUT2D eigenvalue weighted by atomic mass is 16.5. The molecule has 0 fully saturated rings. The van der Waals surface area contributed by atoms with Crippen molar-refractivity contribution >= 4 is 5.97 Å². The summed E-state index contributed by atoms with van der Waals surface area (Å²) in [5, 5.41) is 0. The molecule has 0 aliphatic carbocycles. The number of carbonyl (C=O) groups excluding carboxylic acids is 1. The van der Waals surface area contributed by atoms with Crippen molar-refractivity contribution in [3.8, 4) is 0 Å². The summed E-state index contributed by atoms with van der Waals surface area (Å²) in [4.78, 5) is 10.2. The molecule has 0 aromatic carbocycles. The van der Waals surface area contributed by atoms with Gasteiger partial charge in [-0.2, -0.15) is 0 Å². The van der Waals surface area contributed by atoms with Crippen molar-refractivity contribution in [2.45, 2.75) is 67.7 Å². The van der Waals surface area contributed by atoms with Crippen LogP contribution in [0.5, 0.6) is 0 Å². The summed E-state index contributed by atoms with van der Waals surface area (Å²) in [6.45, 7) is 17.0. The monoisotopic (exact) mass is 288 g/mol. The van der Waals surface area contributed by atoms with Crippen LogP contribution in [0.3, 0.4) is 0 Å². The molecule has 0 aromatic rings. The Morgan fingerprint density at radius 1 is 0.750 bits per heavy atom. The summed E-state index contributed by atoms with van der Waals surface area (Å²) in [7, 11) is 0. The molecule has 0 amide bonds. The summed E-state index contributed by atoms with van der Waals surface area (Å²) < 4.78 is 10.2. The zero-order valence-corrected chi connectivity index (χ0v) is 14.7. The average molecular weight is 288 g/mol. The maximum absolute atomic E-state index is 10.2. The smallest absolute Gasteiger partial charge is 0.302 e. The van der Waals surface area contributed by atoms with Crippen LogP contribution in [0.15, 0.2) is 0 Å². The minimum Gasteiger partial charge on any atom is -0.466 e. The molecule has 20 heavy (non-hydrogen) atoms. The summed E-state index contributed by atoms with van der Waals surface area (Å²) in [6.07, 6.45) is 3.34. The molecule has 3 nitrogen and oxygen atoms in total. The van der Waals surface area contributed by atoms with Crippen molar-refractivity contribution in [1.29, 1.82) is 0 Å². The molecule has 0 unspecified atom stereocenters. The average Bonchev–Trinajstić information content (AvgIpc) is 2.27. The molecule has 0 bridgehead atoms. The normalized spacial score (nSPS) is 10.7. The lowest BCUT2D eigenvalue weighted by Gasteiger charge is -2.07. The standard InChI is InChI=1S/C10H22O.C7H14O2/c1-9(2)5-7-11-8-6-10(3)4;1-6(2)4-5-9-7(3)8/h9-10H,5-8H2,1-4H3;6H,4-5H2,1-3H3. The van der Waals surface area contributed by atoms with Crippen LogP contribution >= 0.6 is 0 Å². The Balaban J connectivity index is 0. The Morgan fingerprint density at radius 2 is 1.10 bits per heavy atom. The van der Waals surface area contributed by atoms with Crippen LogP contribution in [-0.4, -0.2) is 25.8 Å². The van der Waals surface area contributed by atoms with Gasteiger partial charge in [0, 0.05) is 20.1 Å². The minimum absolute atomic E-state index is 0.185. The van der Waals surface area contributed by atoms with Crippen molar-refractivity contribution in [2.24, 2.45) is 17.8 Å². The quantitative estimate of drug-likeness (QED) is 0.456. The number of hydrogen-bond donors (Lipinski definition) is 0. The first-order valence-electron chi connectivity index (χ1n) is 7.96. The number of hydrogen-bond acceptors (Lipinski definition) is 3. The number of carbonyl (C=O) groups is 1. The lowest BCUT2D eigenvalue weighted by molar-refractivity contribution is -0.141. The Hall–Kier alpha value is -0.570. The van der Waals surface area contributed by atoms with Gasteiger partial charge >= 0.3 is 5.97 Å². The number of ether oxygens (including phenoxy) is 2. The van der Waals surface area contributed by atoms with Crippen molar-refractivity contribution < 1.29 is 14.3 Å². The molecule has 0 atom stereocenters. The van der Waals surface area contributed by atoms with Gasteiger partial charge in [-0.1, -0.05) is 41.5 Å².